The lowest BCUT2D eigenvalue weighted by Crippen LogP contribution is -2.37. The number of hydrogen-bond acceptors (Lipinski definition) is 4. The quantitative estimate of drug-likeness (QED) is 0.149. The highest BCUT2D eigenvalue weighted by Gasteiger charge is 2.16. The van der Waals surface area contributed by atoms with Crippen molar-refractivity contribution in [3.63, 3.8) is 0 Å². The number of nitrogens with one attached hydrogen (secondary N) is 1. The summed E-state index contributed by atoms with van der Waals surface area (Å²) in [5.74, 6) is -1.46. The molecular weight excluding hydrogens is 212 g/mol. The second-order valence-corrected chi connectivity index (χ2v) is 3.46. The zero-order valence-corrected chi connectivity index (χ0v) is 9.27. The van der Waals surface area contributed by atoms with E-state index in [-0.39, 0.29) is 17.6 Å². The summed E-state index contributed by atoms with van der Waals surface area (Å²) in [5.41, 5.74) is 10.2. The van der Waals surface area contributed by atoms with Gasteiger partial charge in [-0.25, -0.2) is 0 Å². The molecule has 0 aromatic rings. The molecule has 0 saturated carbocycles. The van der Waals surface area contributed by atoms with Crippen LogP contribution >= 0.6 is 0 Å². The third kappa shape index (κ3) is 5.84. The van der Waals surface area contributed by atoms with Crippen LogP contribution in [0.2, 0.25) is 0 Å². The molecule has 0 spiro atoms. The molecule has 0 saturated heterocycles. The Bertz CT molecular complexity index is 278. The van der Waals surface area contributed by atoms with E-state index in [1.54, 1.807) is 0 Å². The number of amides is 2. The Morgan fingerprint density at radius 3 is 2.50 bits per heavy atom. The molecule has 0 aromatic carbocycles. The van der Waals surface area contributed by atoms with Gasteiger partial charge in [0, 0.05) is 13.0 Å². The minimum atomic E-state index is -0.666. The number of primary amides is 1. The fourth-order valence-electron chi connectivity index (χ4n) is 1.01. The van der Waals surface area contributed by atoms with Gasteiger partial charge in [0.2, 0.25) is 11.8 Å². The lowest BCUT2D eigenvalue weighted by Gasteiger charge is -2.10. The predicted molar refractivity (Wildman–Crippen MR) is 58.6 cm³/mol. The van der Waals surface area contributed by atoms with E-state index >= 15 is 0 Å². The van der Waals surface area contributed by atoms with Gasteiger partial charge in [0.05, 0.1) is 5.92 Å². The Hall–Kier alpha value is -1.79. The normalized spacial score (nSPS) is 13.2. The predicted octanol–water partition coefficient (Wildman–Crippen LogP) is -0.859. The summed E-state index contributed by atoms with van der Waals surface area (Å²) in [6.45, 7) is 1.98. The summed E-state index contributed by atoms with van der Waals surface area (Å²) in [4.78, 5) is 21.8. The van der Waals surface area contributed by atoms with E-state index in [0.29, 0.717) is 25.8 Å². The first kappa shape index (κ1) is 14.2. The van der Waals surface area contributed by atoms with Crippen molar-refractivity contribution in [1.29, 1.82) is 0 Å². The van der Waals surface area contributed by atoms with Crippen molar-refractivity contribution in [2.45, 2.75) is 26.2 Å². The highest BCUT2D eigenvalue weighted by molar-refractivity contribution is 6.01. The number of rotatable bonds is 7. The van der Waals surface area contributed by atoms with Crippen LogP contribution in [0.15, 0.2) is 5.16 Å². The Kier molecular flexibility index (Phi) is 6.66. The van der Waals surface area contributed by atoms with Crippen molar-refractivity contribution < 1.29 is 14.8 Å². The smallest absolute Gasteiger partial charge is 0.230 e. The number of oxime groups is 1. The van der Waals surface area contributed by atoms with Crippen LogP contribution in [0.25, 0.3) is 0 Å². The van der Waals surface area contributed by atoms with Gasteiger partial charge in [0.15, 0.2) is 5.84 Å². The fourth-order valence-corrected chi connectivity index (χ4v) is 1.01. The summed E-state index contributed by atoms with van der Waals surface area (Å²) in [5, 5.41) is 13.7. The third-order valence-corrected chi connectivity index (χ3v) is 2.10. The van der Waals surface area contributed by atoms with E-state index in [0.717, 1.165) is 0 Å². The molecule has 0 aromatic heterocycles. The van der Waals surface area contributed by atoms with Gasteiger partial charge in [-0.1, -0.05) is 5.16 Å². The minimum absolute atomic E-state index is 0.130. The molecule has 7 nitrogen and oxygen atoms in total. The van der Waals surface area contributed by atoms with Gasteiger partial charge in [-0.3, -0.25) is 9.59 Å². The summed E-state index contributed by atoms with van der Waals surface area (Å²) < 4.78 is 0. The van der Waals surface area contributed by atoms with Gasteiger partial charge < -0.3 is 22.0 Å². The lowest BCUT2D eigenvalue weighted by atomic mass is 10.1. The number of carbonyl (C=O) groups is 2. The number of carbonyl (C=O) groups excluding carboxylic acids is 2. The van der Waals surface area contributed by atoms with Crippen molar-refractivity contribution in [3.05, 3.63) is 0 Å². The molecule has 92 valence electrons. The molecule has 0 aliphatic carbocycles. The Labute approximate surface area is 93.9 Å². The molecule has 0 bridgehead atoms. The number of nitrogens with zero attached hydrogens (tertiary/aromatic N) is 1. The van der Waals surface area contributed by atoms with Crippen LogP contribution in [0, 0.1) is 5.92 Å². The molecule has 16 heavy (non-hydrogen) atoms. The van der Waals surface area contributed by atoms with E-state index < -0.39 is 5.92 Å². The van der Waals surface area contributed by atoms with E-state index in [2.05, 4.69) is 10.5 Å². The van der Waals surface area contributed by atoms with Gasteiger partial charge >= 0.3 is 0 Å². The molecule has 1 atom stereocenters. The van der Waals surface area contributed by atoms with Crippen LogP contribution in [0.1, 0.15) is 26.2 Å². The van der Waals surface area contributed by atoms with E-state index in [4.69, 9.17) is 16.7 Å². The first-order valence-corrected chi connectivity index (χ1v) is 5.02. The van der Waals surface area contributed by atoms with Crippen LogP contribution in [0.4, 0.5) is 0 Å². The van der Waals surface area contributed by atoms with Crippen LogP contribution in [0.5, 0.6) is 0 Å². The second kappa shape index (κ2) is 7.49. The molecule has 6 N–H and O–H groups in total. The number of hydrogen-bond donors (Lipinski definition) is 4. The molecule has 0 heterocycles. The monoisotopic (exact) mass is 230 g/mol. The SMILES string of the molecule is CC(C(=O)NCCCCC(N)=O)C(N)=NO. The summed E-state index contributed by atoms with van der Waals surface area (Å²) in [7, 11) is 0. The van der Waals surface area contributed by atoms with Crippen molar-refractivity contribution in [2.24, 2.45) is 22.5 Å². The van der Waals surface area contributed by atoms with E-state index in [1.165, 1.54) is 6.92 Å². The van der Waals surface area contributed by atoms with Crippen molar-refractivity contribution in [3.8, 4) is 0 Å². The first-order chi connectivity index (χ1) is 7.49. The fraction of sp³-hybridized carbons (Fsp3) is 0.667. The molecule has 0 aliphatic heterocycles. The molecule has 0 fully saturated rings. The lowest BCUT2D eigenvalue weighted by molar-refractivity contribution is -0.122. The van der Waals surface area contributed by atoms with Gasteiger partial charge in [-0.2, -0.15) is 0 Å². The number of amidine groups is 1. The molecule has 0 rings (SSSR count). The standard InChI is InChI=1S/C9H18N4O3/c1-6(8(11)13-16)9(15)12-5-3-2-4-7(10)14/h6,16H,2-5H2,1H3,(H2,10,14)(H2,11,13)(H,12,15). The van der Waals surface area contributed by atoms with Crippen molar-refractivity contribution >= 4 is 17.6 Å². The van der Waals surface area contributed by atoms with Crippen LogP contribution in [0.3, 0.4) is 0 Å². The number of unbranched alkanes of at least 4 members (excludes halogenated alkanes) is 1. The maximum atomic E-state index is 11.4. The Morgan fingerprint density at radius 2 is 2.00 bits per heavy atom. The average molecular weight is 230 g/mol. The van der Waals surface area contributed by atoms with E-state index in [9.17, 15) is 9.59 Å². The summed E-state index contributed by atoms with van der Waals surface area (Å²) in [6, 6.07) is 0. The van der Waals surface area contributed by atoms with Gasteiger partial charge in [0.25, 0.3) is 0 Å². The zero-order chi connectivity index (χ0) is 12.6. The summed E-state index contributed by atoms with van der Waals surface area (Å²) >= 11 is 0. The molecule has 0 radical (unpaired) electrons. The van der Waals surface area contributed by atoms with E-state index in [1.807, 2.05) is 0 Å². The van der Waals surface area contributed by atoms with Crippen LogP contribution in [-0.2, 0) is 9.59 Å². The van der Waals surface area contributed by atoms with Gasteiger partial charge in [0.1, 0.15) is 0 Å². The largest absolute Gasteiger partial charge is 0.409 e. The highest BCUT2D eigenvalue weighted by Crippen LogP contribution is 1.96. The van der Waals surface area contributed by atoms with Crippen molar-refractivity contribution in [1.82, 2.24) is 5.32 Å². The maximum Gasteiger partial charge on any atom is 0.230 e. The van der Waals surface area contributed by atoms with Crippen LogP contribution < -0.4 is 16.8 Å². The minimum Gasteiger partial charge on any atom is -0.409 e. The summed E-state index contributed by atoms with van der Waals surface area (Å²) in [6.07, 6.45) is 1.61. The van der Waals surface area contributed by atoms with Crippen molar-refractivity contribution in [2.75, 3.05) is 6.54 Å². The third-order valence-electron chi connectivity index (χ3n) is 2.10. The molecule has 0 aliphatic rings. The van der Waals surface area contributed by atoms with Crippen LogP contribution in [-0.4, -0.2) is 29.4 Å². The molecule has 7 heteroatoms. The Morgan fingerprint density at radius 1 is 1.38 bits per heavy atom. The number of nitrogens with two attached hydrogens (primary N) is 2. The molecule has 1 unspecified atom stereocenters. The second-order valence-electron chi connectivity index (χ2n) is 3.46. The average Bonchev–Trinajstić information content (AvgIpc) is 2.25. The molecule has 2 amide bonds. The topological polar surface area (TPSA) is 131 Å². The maximum absolute atomic E-state index is 11.4. The Balaban J connectivity index is 3.70. The highest BCUT2D eigenvalue weighted by atomic mass is 16.4. The van der Waals surface area contributed by atoms with Gasteiger partial charge in [-0.15, -0.1) is 0 Å². The van der Waals surface area contributed by atoms with Gasteiger partial charge in [-0.05, 0) is 19.8 Å². The molecular formula is C9H18N4O3. The zero-order valence-electron chi connectivity index (χ0n) is 9.27. The first-order valence-electron chi connectivity index (χ1n) is 5.02.